The zero-order chi connectivity index (χ0) is 21.4. The minimum atomic E-state index is -3.48. The molecule has 1 saturated heterocycles. The van der Waals surface area contributed by atoms with Crippen LogP contribution in [0, 0.1) is 0 Å². The Morgan fingerprint density at radius 2 is 1.55 bits per heavy atom. The summed E-state index contributed by atoms with van der Waals surface area (Å²) in [5, 5.41) is 0. The van der Waals surface area contributed by atoms with Gasteiger partial charge in [-0.15, -0.1) is 0 Å². The van der Waals surface area contributed by atoms with Crippen molar-refractivity contribution in [2.24, 2.45) is 0 Å². The number of amides is 1. The molecule has 31 heavy (non-hydrogen) atoms. The van der Waals surface area contributed by atoms with E-state index in [1.54, 1.807) is 41.6 Å². The Kier molecular flexibility index (Phi) is 5.08. The Hall–Kier alpha value is -3.03. The fraction of sp³-hybridized carbons (Fsp3) is 0.250. The van der Waals surface area contributed by atoms with Crippen molar-refractivity contribution in [2.75, 3.05) is 24.5 Å². The van der Waals surface area contributed by atoms with Crippen LogP contribution < -0.4 is 4.90 Å². The van der Waals surface area contributed by atoms with Crippen LogP contribution in [0.15, 0.2) is 71.9 Å². The SMILES string of the molecule is O=C(c1ccc(S(=O)(=O)N2CCCC2)cc1)N1CCc2cc(-c3ccncc3)ccc21. The summed E-state index contributed by atoms with van der Waals surface area (Å²) in [5.41, 5.74) is 4.74. The number of rotatable bonds is 4. The van der Waals surface area contributed by atoms with Crippen LogP contribution >= 0.6 is 0 Å². The van der Waals surface area contributed by atoms with E-state index < -0.39 is 10.0 Å². The molecule has 0 radical (unpaired) electrons. The Morgan fingerprint density at radius 1 is 0.839 bits per heavy atom. The van der Waals surface area contributed by atoms with Crippen LogP contribution in [0.3, 0.4) is 0 Å². The number of aromatic nitrogens is 1. The van der Waals surface area contributed by atoms with Crippen LogP contribution in [0.4, 0.5) is 5.69 Å². The number of pyridine rings is 1. The Morgan fingerprint density at radius 3 is 2.26 bits per heavy atom. The van der Waals surface area contributed by atoms with Gasteiger partial charge in [-0.3, -0.25) is 9.78 Å². The third kappa shape index (κ3) is 3.64. The second kappa shape index (κ2) is 7.90. The lowest BCUT2D eigenvalue weighted by Gasteiger charge is -2.19. The number of hydrogen-bond acceptors (Lipinski definition) is 4. The first-order valence-electron chi connectivity index (χ1n) is 10.5. The highest BCUT2D eigenvalue weighted by molar-refractivity contribution is 7.89. The average molecular weight is 434 g/mol. The summed E-state index contributed by atoms with van der Waals surface area (Å²) < 4.78 is 26.9. The number of carbonyl (C=O) groups excluding carboxylic acids is 1. The van der Waals surface area contributed by atoms with Crippen molar-refractivity contribution in [3.63, 3.8) is 0 Å². The van der Waals surface area contributed by atoms with Gasteiger partial charge in [0.05, 0.1) is 4.90 Å². The molecule has 7 heteroatoms. The molecule has 2 aromatic carbocycles. The number of nitrogens with zero attached hydrogens (tertiary/aromatic N) is 3. The number of hydrogen-bond donors (Lipinski definition) is 0. The summed E-state index contributed by atoms with van der Waals surface area (Å²) in [4.78, 5) is 19.2. The summed E-state index contributed by atoms with van der Waals surface area (Å²) in [7, 11) is -3.48. The van der Waals surface area contributed by atoms with Gasteiger partial charge in [0.1, 0.15) is 0 Å². The van der Waals surface area contributed by atoms with E-state index >= 15 is 0 Å². The summed E-state index contributed by atoms with van der Waals surface area (Å²) in [6.07, 6.45) is 6.12. The molecule has 158 valence electrons. The van der Waals surface area contributed by atoms with Gasteiger partial charge in [0.25, 0.3) is 5.91 Å². The van der Waals surface area contributed by atoms with E-state index in [9.17, 15) is 13.2 Å². The van der Waals surface area contributed by atoms with E-state index in [1.165, 1.54) is 4.31 Å². The number of anilines is 1. The van der Waals surface area contributed by atoms with E-state index in [1.807, 2.05) is 24.3 Å². The molecule has 3 heterocycles. The van der Waals surface area contributed by atoms with Crippen LogP contribution in [0.5, 0.6) is 0 Å². The molecule has 0 unspecified atom stereocenters. The predicted octanol–water partition coefficient (Wildman–Crippen LogP) is 3.74. The highest BCUT2D eigenvalue weighted by Crippen LogP contribution is 2.33. The van der Waals surface area contributed by atoms with Crippen LogP contribution in [0.1, 0.15) is 28.8 Å². The second-order valence-corrected chi connectivity index (χ2v) is 9.86. The van der Waals surface area contributed by atoms with E-state index in [0.717, 1.165) is 41.6 Å². The van der Waals surface area contributed by atoms with Crippen molar-refractivity contribution in [2.45, 2.75) is 24.2 Å². The molecular weight excluding hydrogens is 410 g/mol. The molecule has 0 N–H and O–H groups in total. The summed E-state index contributed by atoms with van der Waals surface area (Å²) >= 11 is 0. The largest absolute Gasteiger partial charge is 0.308 e. The normalized spacial score (nSPS) is 16.5. The van der Waals surface area contributed by atoms with Crippen molar-refractivity contribution >= 4 is 21.6 Å². The Balaban J connectivity index is 1.37. The lowest BCUT2D eigenvalue weighted by Crippen LogP contribution is -2.29. The third-order valence-electron chi connectivity index (χ3n) is 6.04. The molecule has 0 atom stereocenters. The minimum absolute atomic E-state index is 0.111. The molecule has 1 amide bonds. The maximum Gasteiger partial charge on any atom is 0.258 e. The standard InChI is InChI=1S/C24H23N3O3S/c28-24(19-3-6-22(7-4-19)31(29,30)26-14-1-2-15-26)27-16-11-21-17-20(5-8-23(21)27)18-9-12-25-13-10-18/h3-10,12-13,17H,1-2,11,14-16H2. The fourth-order valence-electron chi connectivity index (χ4n) is 4.34. The van der Waals surface area contributed by atoms with Gasteiger partial charge in [0, 0.05) is 43.3 Å². The Labute approximate surface area is 182 Å². The predicted molar refractivity (Wildman–Crippen MR) is 119 cm³/mol. The molecular formula is C24H23N3O3S. The molecule has 0 bridgehead atoms. The molecule has 1 fully saturated rings. The maximum absolute atomic E-state index is 13.1. The van der Waals surface area contributed by atoms with Gasteiger partial charge < -0.3 is 4.90 Å². The lowest BCUT2D eigenvalue weighted by atomic mass is 10.0. The van der Waals surface area contributed by atoms with Crippen molar-refractivity contribution < 1.29 is 13.2 Å². The van der Waals surface area contributed by atoms with Crippen molar-refractivity contribution in [3.05, 3.63) is 78.1 Å². The van der Waals surface area contributed by atoms with Gasteiger partial charge in [0.2, 0.25) is 10.0 Å². The highest BCUT2D eigenvalue weighted by Gasteiger charge is 2.29. The topological polar surface area (TPSA) is 70.6 Å². The van der Waals surface area contributed by atoms with Crippen molar-refractivity contribution in [1.29, 1.82) is 0 Å². The van der Waals surface area contributed by atoms with Gasteiger partial charge in [-0.2, -0.15) is 4.31 Å². The van der Waals surface area contributed by atoms with Crippen LogP contribution in [-0.4, -0.2) is 43.2 Å². The quantitative estimate of drug-likeness (QED) is 0.629. The molecule has 0 aliphatic carbocycles. The summed E-state index contributed by atoms with van der Waals surface area (Å²) in [6, 6.07) is 16.4. The van der Waals surface area contributed by atoms with Gasteiger partial charge in [-0.05, 0) is 84.5 Å². The fourth-order valence-corrected chi connectivity index (χ4v) is 5.86. The van der Waals surface area contributed by atoms with Gasteiger partial charge in [-0.1, -0.05) is 6.07 Å². The van der Waals surface area contributed by atoms with Crippen LogP contribution in [-0.2, 0) is 16.4 Å². The monoisotopic (exact) mass is 433 g/mol. The van der Waals surface area contributed by atoms with E-state index in [4.69, 9.17) is 0 Å². The molecule has 2 aliphatic rings. The van der Waals surface area contributed by atoms with Gasteiger partial charge in [0.15, 0.2) is 0 Å². The Bertz CT molecular complexity index is 1220. The summed E-state index contributed by atoms with van der Waals surface area (Å²) in [5.74, 6) is -0.111. The molecule has 6 nitrogen and oxygen atoms in total. The average Bonchev–Trinajstić information content (AvgIpc) is 3.49. The van der Waals surface area contributed by atoms with E-state index in [2.05, 4.69) is 11.1 Å². The minimum Gasteiger partial charge on any atom is -0.308 e. The number of carbonyl (C=O) groups is 1. The number of fused-ring (bicyclic) bond motifs is 1. The van der Waals surface area contributed by atoms with Crippen molar-refractivity contribution in [1.82, 2.24) is 9.29 Å². The van der Waals surface area contributed by atoms with Crippen LogP contribution in [0.2, 0.25) is 0 Å². The second-order valence-electron chi connectivity index (χ2n) is 7.92. The smallest absolute Gasteiger partial charge is 0.258 e. The van der Waals surface area contributed by atoms with E-state index in [0.29, 0.717) is 25.2 Å². The van der Waals surface area contributed by atoms with Gasteiger partial charge in [-0.25, -0.2) is 8.42 Å². The first-order valence-corrected chi connectivity index (χ1v) is 11.9. The van der Waals surface area contributed by atoms with E-state index in [-0.39, 0.29) is 10.8 Å². The molecule has 0 saturated carbocycles. The maximum atomic E-state index is 13.1. The molecule has 0 spiro atoms. The van der Waals surface area contributed by atoms with Crippen molar-refractivity contribution in [3.8, 4) is 11.1 Å². The zero-order valence-electron chi connectivity index (χ0n) is 17.1. The zero-order valence-corrected chi connectivity index (χ0v) is 17.9. The highest BCUT2D eigenvalue weighted by atomic mass is 32.2. The molecule has 2 aliphatic heterocycles. The first kappa shape index (κ1) is 19.9. The first-order chi connectivity index (χ1) is 15.0. The number of sulfonamides is 1. The van der Waals surface area contributed by atoms with Crippen LogP contribution in [0.25, 0.3) is 11.1 Å². The molecule has 3 aromatic rings. The van der Waals surface area contributed by atoms with Gasteiger partial charge >= 0.3 is 0 Å². The summed E-state index contributed by atoms with van der Waals surface area (Å²) in [6.45, 7) is 1.74. The molecule has 1 aromatic heterocycles. The lowest BCUT2D eigenvalue weighted by molar-refractivity contribution is 0.0989. The number of benzene rings is 2. The third-order valence-corrected chi connectivity index (χ3v) is 7.95. The molecule has 5 rings (SSSR count).